The highest BCUT2D eigenvalue weighted by atomic mass is 79.9. The van der Waals surface area contributed by atoms with Crippen molar-refractivity contribution in [2.45, 2.75) is 18.7 Å². The summed E-state index contributed by atoms with van der Waals surface area (Å²) in [5.74, 6) is 0. The number of pyridine rings is 1. The molecule has 1 aromatic rings. The van der Waals surface area contributed by atoms with Gasteiger partial charge in [-0.25, -0.2) is 4.98 Å². The van der Waals surface area contributed by atoms with Crippen molar-refractivity contribution in [3.8, 4) is 0 Å². The van der Waals surface area contributed by atoms with Crippen molar-refractivity contribution in [2.24, 2.45) is 0 Å². The summed E-state index contributed by atoms with van der Waals surface area (Å²) in [6.07, 6.45) is 1.89. The van der Waals surface area contributed by atoms with Crippen molar-refractivity contribution in [3.63, 3.8) is 0 Å². The van der Waals surface area contributed by atoms with E-state index in [1.807, 2.05) is 12.3 Å². The van der Waals surface area contributed by atoms with Crippen LogP contribution in [0.5, 0.6) is 0 Å². The zero-order valence-corrected chi connectivity index (χ0v) is 9.61. The molecule has 0 amide bonds. The van der Waals surface area contributed by atoms with Crippen LogP contribution in [0.4, 0.5) is 0 Å². The molecule has 0 saturated heterocycles. The Labute approximate surface area is 83.5 Å². The Morgan fingerprint density at radius 1 is 1.55 bits per heavy atom. The highest BCUT2D eigenvalue weighted by molar-refractivity contribution is 9.10. The molecule has 0 aliphatic rings. The van der Waals surface area contributed by atoms with Gasteiger partial charge in [-0.2, -0.15) is 0 Å². The third-order valence-corrected chi connectivity index (χ3v) is 2.47. The molecule has 1 atom stereocenters. The topological polar surface area (TPSA) is 12.9 Å². The molecule has 1 unspecified atom stereocenters. The molecule has 1 rings (SSSR count). The average Bonchev–Trinajstić information content (AvgIpc) is 1.85. The molecular weight excluding hydrogens is 270 g/mol. The van der Waals surface area contributed by atoms with E-state index < -0.39 is 0 Å². The molecule has 3 heteroatoms. The molecular formula is C8H9Br2N. The predicted octanol–water partition coefficient (Wildman–Crippen LogP) is 3.61. The Hall–Kier alpha value is 0.110. The lowest BCUT2D eigenvalue weighted by atomic mass is 10.1. The summed E-state index contributed by atoms with van der Waals surface area (Å²) >= 11 is 6.82. The highest BCUT2D eigenvalue weighted by Crippen LogP contribution is 2.25. The van der Waals surface area contributed by atoms with Crippen LogP contribution >= 0.6 is 31.9 Å². The number of hydrogen-bond acceptors (Lipinski definition) is 1. The predicted molar refractivity (Wildman–Crippen MR) is 54.0 cm³/mol. The smallest absolute Gasteiger partial charge is 0.106 e. The fourth-order valence-corrected chi connectivity index (χ4v) is 1.87. The first-order chi connectivity index (χ1) is 5.11. The number of aromatic nitrogens is 1. The van der Waals surface area contributed by atoms with Gasteiger partial charge in [0, 0.05) is 11.0 Å². The number of rotatable bonds is 1. The zero-order valence-electron chi connectivity index (χ0n) is 6.44. The summed E-state index contributed by atoms with van der Waals surface area (Å²) in [6, 6.07) is 2.02. The Morgan fingerprint density at radius 3 is 2.64 bits per heavy atom. The van der Waals surface area contributed by atoms with E-state index in [4.69, 9.17) is 0 Å². The van der Waals surface area contributed by atoms with Crippen molar-refractivity contribution in [3.05, 3.63) is 28.0 Å². The maximum Gasteiger partial charge on any atom is 0.106 e. The Balaban J connectivity index is 3.09. The van der Waals surface area contributed by atoms with Gasteiger partial charge in [0.15, 0.2) is 0 Å². The molecule has 1 aromatic heterocycles. The summed E-state index contributed by atoms with van der Waals surface area (Å²) in [7, 11) is 0. The van der Waals surface area contributed by atoms with E-state index in [9.17, 15) is 0 Å². The van der Waals surface area contributed by atoms with Crippen LogP contribution in [-0.4, -0.2) is 4.98 Å². The van der Waals surface area contributed by atoms with E-state index in [0.717, 1.165) is 4.60 Å². The van der Waals surface area contributed by atoms with Gasteiger partial charge < -0.3 is 0 Å². The molecule has 60 valence electrons. The Bertz CT molecular complexity index is 258. The molecule has 1 nitrogen and oxygen atoms in total. The van der Waals surface area contributed by atoms with Gasteiger partial charge in [0.05, 0.1) is 0 Å². The summed E-state index contributed by atoms with van der Waals surface area (Å²) in [4.78, 5) is 4.53. The van der Waals surface area contributed by atoms with Gasteiger partial charge in [-0.15, -0.1) is 0 Å². The Kier molecular flexibility index (Phi) is 3.07. The number of halogens is 2. The zero-order chi connectivity index (χ0) is 8.43. The second-order valence-corrected chi connectivity index (χ2v) is 4.67. The van der Waals surface area contributed by atoms with E-state index in [2.05, 4.69) is 50.7 Å². The second-order valence-electron chi connectivity index (χ2n) is 2.48. The largest absolute Gasteiger partial charge is 0.249 e. The lowest BCUT2D eigenvalue weighted by molar-refractivity contribution is 1.05. The first-order valence-electron chi connectivity index (χ1n) is 3.37. The number of hydrogen-bond donors (Lipinski definition) is 0. The van der Waals surface area contributed by atoms with Gasteiger partial charge in [-0.1, -0.05) is 15.9 Å². The summed E-state index contributed by atoms with van der Waals surface area (Å²) < 4.78 is 0.895. The normalized spacial score (nSPS) is 13.1. The van der Waals surface area contributed by atoms with Crippen LogP contribution in [0, 0.1) is 6.92 Å². The lowest BCUT2D eigenvalue weighted by Crippen LogP contribution is -1.90. The van der Waals surface area contributed by atoms with Crippen LogP contribution in [0.3, 0.4) is 0 Å². The number of alkyl halides is 1. The van der Waals surface area contributed by atoms with Crippen molar-refractivity contribution < 1.29 is 0 Å². The van der Waals surface area contributed by atoms with Crippen LogP contribution < -0.4 is 0 Å². The van der Waals surface area contributed by atoms with Gasteiger partial charge in [0.2, 0.25) is 0 Å². The van der Waals surface area contributed by atoms with Crippen molar-refractivity contribution in [1.29, 1.82) is 0 Å². The molecule has 0 aliphatic carbocycles. The highest BCUT2D eigenvalue weighted by Gasteiger charge is 2.04. The number of nitrogens with zero attached hydrogens (tertiary/aromatic N) is 1. The van der Waals surface area contributed by atoms with Gasteiger partial charge in [-0.05, 0) is 47.0 Å². The molecule has 0 aromatic carbocycles. The van der Waals surface area contributed by atoms with E-state index in [-0.39, 0.29) is 0 Å². The minimum atomic E-state index is 0.378. The molecule has 0 N–H and O–H groups in total. The molecule has 0 bridgehead atoms. The molecule has 0 fully saturated rings. The lowest BCUT2D eigenvalue weighted by Gasteiger charge is -2.06. The summed E-state index contributed by atoms with van der Waals surface area (Å²) in [6.45, 7) is 4.18. The summed E-state index contributed by atoms with van der Waals surface area (Å²) in [5.41, 5.74) is 2.50. The quantitative estimate of drug-likeness (QED) is 0.565. The minimum Gasteiger partial charge on any atom is -0.249 e. The van der Waals surface area contributed by atoms with Gasteiger partial charge in [0.1, 0.15) is 4.60 Å². The maximum atomic E-state index is 4.15. The van der Waals surface area contributed by atoms with Crippen molar-refractivity contribution >= 4 is 31.9 Å². The van der Waals surface area contributed by atoms with E-state index in [1.54, 1.807) is 0 Å². The van der Waals surface area contributed by atoms with Gasteiger partial charge in [-0.3, -0.25) is 0 Å². The second kappa shape index (κ2) is 3.68. The minimum absolute atomic E-state index is 0.378. The molecule has 0 radical (unpaired) electrons. The standard InChI is InChI=1S/C8H9Br2N/c1-5-3-8(10)11-4-7(5)6(2)9/h3-4,6H,1-2H3. The third-order valence-electron chi connectivity index (χ3n) is 1.55. The maximum absolute atomic E-state index is 4.15. The Morgan fingerprint density at radius 2 is 2.18 bits per heavy atom. The van der Waals surface area contributed by atoms with Crippen LogP contribution in [0.2, 0.25) is 0 Å². The fraction of sp³-hybridized carbons (Fsp3) is 0.375. The molecule has 1 heterocycles. The van der Waals surface area contributed by atoms with Gasteiger partial charge >= 0.3 is 0 Å². The first kappa shape index (κ1) is 9.20. The van der Waals surface area contributed by atoms with Crippen molar-refractivity contribution in [2.75, 3.05) is 0 Å². The van der Waals surface area contributed by atoms with E-state index in [1.165, 1.54) is 11.1 Å². The van der Waals surface area contributed by atoms with Crippen molar-refractivity contribution in [1.82, 2.24) is 4.98 Å². The molecule has 0 aliphatic heterocycles. The summed E-state index contributed by atoms with van der Waals surface area (Å²) in [5, 5.41) is 0. The fourth-order valence-electron chi connectivity index (χ4n) is 0.949. The van der Waals surface area contributed by atoms with Crippen LogP contribution in [0.25, 0.3) is 0 Å². The SMILES string of the molecule is Cc1cc(Br)ncc1C(C)Br. The van der Waals surface area contributed by atoms with Gasteiger partial charge in [0.25, 0.3) is 0 Å². The number of aryl methyl sites for hydroxylation is 1. The third kappa shape index (κ3) is 2.27. The van der Waals surface area contributed by atoms with Crippen LogP contribution in [-0.2, 0) is 0 Å². The first-order valence-corrected chi connectivity index (χ1v) is 5.08. The average molecular weight is 279 g/mol. The molecule has 11 heavy (non-hydrogen) atoms. The van der Waals surface area contributed by atoms with Crippen LogP contribution in [0.1, 0.15) is 22.9 Å². The molecule has 0 saturated carbocycles. The van der Waals surface area contributed by atoms with Crippen LogP contribution in [0.15, 0.2) is 16.9 Å². The van der Waals surface area contributed by atoms with E-state index in [0.29, 0.717) is 4.83 Å². The van der Waals surface area contributed by atoms with E-state index >= 15 is 0 Å². The molecule has 0 spiro atoms. The monoisotopic (exact) mass is 277 g/mol.